The van der Waals surface area contributed by atoms with Crippen molar-refractivity contribution in [2.24, 2.45) is 0 Å². The first-order valence-electron chi connectivity index (χ1n) is 8.37. The molecule has 0 bridgehead atoms. The van der Waals surface area contributed by atoms with Crippen molar-refractivity contribution < 1.29 is 19.0 Å². The summed E-state index contributed by atoms with van der Waals surface area (Å²) in [6.07, 6.45) is 2.16. The van der Waals surface area contributed by atoms with E-state index in [1.807, 2.05) is 48.7 Å². The van der Waals surface area contributed by atoms with Gasteiger partial charge < -0.3 is 24.5 Å². The van der Waals surface area contributed by atoms with Gasteiger partial charge in [0, 0.05) is 17.1 Å². The van der Waals surface area contributed by atoms with Crippen LogP contribution < -0.4 is 19.5 Å². The number of aromatic amines is 1. The summed E-state index contributed by atoms with van der Waals surface area (Å²) in [4.78, 5) is 15.3. The number of carbonyl (C=O) groups excluding carboxylic acids is 1. The molecule has 0 unspecified atom stereocenters. The van der Waals surface area contributed by atoms with Crippen LogP contribution in [-0.2, 0) is 11.2 Å². The molecule has 6 heteroatoms. The van der Waals surface area contributed by atoms with Crippen LogP contribution in [0.15, 0.2) is 48.7 Å². The average Bonchev–Trinajstić information content (AvgIpc) is 3.07. The maximum Gasteiger partial charge on any atom is 0.224 e. The number of hydrogen-bond acceptors (Lipinski definition) is 4. The summed E-state index contributed by atoms with van der Waals surface area (Å²) in [6.45, 7) is 0.844. The van der Waals surface area contributed by atoms with Crippen molar-refractivity contribution >= 4 is 16.8 Å². The molecule has 26 heavy (non-hydrogen) atoms. The Hall–Kier alpha value is -3.15. The van der Waals surface area contributed by atoms with E-state index in [4.69, 9.17) is 14.2 Å². The minimum Gasteiger partial charge on any atom is -0.497 e. The normalized spacial score (nSPS) is 10.5. The molecule has 0 spiro atoms. The minimum absolute atomic E-state index is 0.0490. The Morgan fingerprint density at radius 2 is 1.69 bits per heavy atom. The van der Waals surface area contributed by atoms with Crippen LogP contribution in [0.4, 0.5) is 0 Å². The van der Waals surface area contributed by atoms with Crippen molar-refractivity contribution in [3.63, 3.8) is 0 Å². The predicted molar refractivity (Wildman–Crippen MR) is 100 cm³/mol. The van der Waals surface area contributed by atoms with Crippen LogP contribution in [-0.4, -0.2) is 38.3 Å². The highest BCUT2D eigenvalue weighted by atomic mass is 16.5. The van der Waals surface area contributed by atoms with E-state index in [1.165, 1.54) is 0 Å². The van der Waals surface area contributed by atoms with E-state index in [2.05, 4.69) is 10.3 Å². The van der Waals surface area contributed by atoms with Crippen LogP contribution in [0, 0.1) is 0 Å². The number of amides is 1. The van der Waals surface area contributed by atoms with E-state index in [0.717, 1.165) is 33.7 Å². The maximum atomic E-state index is 12.2. The molecule has 1 heterocycles. The van der Waals surface area contributed by atoms with Gasteiger partial charge in [-0.05, 0) is 48.0 Å². The first kappa shape index (κ1) is 17.7. The topological polar surface area (TPSA) is 72.6 Å². The third-order valence-corrected chi connectivity index (χ3v) is 4.08. The molecule has 136 valence electrons. The molecule has 6 nitrogen and oxygen atoms in total. The Balaban J connectivity index is 1.48. The van der Waals surface area contributed by atoms with Crippen LogP contribution in [0.3, 0.4) is 0 Å². The summed E-state index contributed by atoms with van der Waals surface area (Å²) in [6, 6.07) is 13.1. The van der Waals surface area contributed by atoms with Crippen molar-refractivity contribution in [1.29, 1.82) is 0 Å². The van der Waals surface area contributed by atoms with Gasteiger partial charge in [0.15, 0.2) is 0 Å². The zero-order valence-electron chi connectivity index (χ0n) is 14.9. The first-order chi connectivity index (χ1) is 12.7. The minimum atomic E-state index is -0.0490. The molecule has 0 aliphatic rings. The van der Waals surface area contributed by atoms with Crippen molar-refractivity contribution in [1.82, 2.24) is 10.3 Å². The lowest BCUT2D eigenvalue weighted by Gasteiger charge is -2.08. The molecule has 3 aromatic rings. The monoisotopic (exact) mass is 354 g/mol. The Morgan fingerprint density at radius 1 is 1.00 bits per heavy atom. The molecular weight excluding hydrogens is 332 g/mol. The molecule has 0 fully saturated rings. The van der Waals surface area contributed by atoms with Crippen molar-refractivity contribution in [2.45, 2.75) is 6.42 Å². The number of fused-ring (bicyclic) bond motifs is 1. The lowest BCUT2D eigenvalue weighted by atomic mass is 10.1. The SMILES string of the molecule is COc1ccc(OCCNC(=O)Cc2c[nH]c3ccc(OC)cc23)cc1. The fourth-order valence-electron chi connectivity index (χ4n) is 2.70. The predicted octanol–water partition coefficient (Wildman–Crippen LogP) is 2.92. The lowest BCUT2D eigenvalue weighted by Crippen LogP contribution is -2.29. The van der Waals surface area contributed by atoms with E-state index in [9.17, 15) is 4.79 Å². The largest absolute Gasteiger partial charge is 0.497 e. The fourth-order valence-corrected chi connectivity index (χ4v) is 2.70. The number of methoxy groups -OCH3 is 2. The molecule has 1 amide bonds. The number of H-pyrrole nitrogens is 1. The molecule has 0 saturated carbocycles. The number of hydrogen-bond donors (Lipinski definition) is 2. The molecule has 3 rings (SSSR count). The molecule has 0 saturated heterocycles. The van der Waals surface area contributed by atoms with Gasteiger partial charge in [0.05, 0.1) is 27.2 Å². The number of aromatic nitrogens is 1. The highest BCUT2D eigenvalue weighted by Gasteiger charge is 2.09. The second kappa shape index (κ2) is 8.29. The van der Waals surface area contributed by atoms with Gasteiger partial charge in [-0.15, -0.1) is 0 Å². The van der Waals surface area contributed by atoms with E-state index in [1.54, 1.807) is 14.2 Å². The van der Waals surface area contributed by atoms with Gasteiger partial charge in [0.1, 0.15) is 23.9 Å². The quantitative estimate of drug-likeness (QED) is 0.610. The van der Waals surface area contributed by atoms with Crippen molar-refractivity contribution in [3.8, 4) is 17.2 Å². The molecule has 0 radical (unpaired) electrons. The summed E-state index contributed by atoms with van der Waals surface area (Å²) in [5, 5.41) is 3.87. The molecule has 0 aliphatic heterocycles. The van der Waals surface area contributed by atoms with Crippen LogP contribution >= 0.6 is 0 Å². The summed E-state index contributed by atoms with van der Waals surface area (Å²) in [5.41, 5.74) is 1.92. The van der Waals surface area contributed by atoms with Gasteiger partial charge in [-0.2, -0.15) is 0 Å². The average molecular weight is 354 g/mol. The van der Waals surface area contributed by atoms with E-state index in [0.29, 0.717) is 19.6 Å². The number of carbonyl (C=O) groups is 1. The first-order valence-corrected chi connectivity index (χ1v) is 8.37. The van der Waals surface area contributed by atoms with Gasteiger partial charge in [-0.25, -0.2) is 0 Å². The molecular formula is C20H22N2O4. The smallest absolute Gasteiger partial charge is 0.224 e. The van der Waals surface area contributed by atoms with Gasteiger partial charge >= 0.3 is 0 Å². The third-order valence-electron chi connectivity index (χ3n) is 4.08. The standard InChI is InChI=1S/C20H22N2O4/c1-24-15-3-5-16(6-4-15)26-10-9-21-20(23)11-14-13-22-19-8-7-17(25-2)12-18(14)19/h3-8,12-13,22H,9-11H2,1-2H3,(H,21,23). The fraction of sp³-hybridized carbons (Fsp3) is 0.250. The van der Waals surface area contributed by atoms with E-state index >= 15 is 0 Å². The second-order valence-corrected chi connectivity index (χ2v) is 5.78. The van der Waals surface area contributed by atoms with Crippen LogP contribution in [0.25, 0.3) is 10.9 Å². The number of ether oxygens (including phenoxy) is 3. The van der Waals surface area contributed by atoms with Crippen LogP contribution in [0.2, 0.25) is 0 Å². The molecule has 2 N–H and O–H groups in total. The highest BCUT2D eigenvalue weighted by Crippen LogP contribution is 2.24. The Kier molecular flexibility index (Phi) is 5.63. The Bertz CT molecular complexity index is 871. The van der Waals surface area contributed by atoms with Gasteiger partial charge in [0.25, 0.3) is 0 Å². The van der Waals surface area contributed by atoms with Crippen molar-refractivity contribution in [3.05, 3.63) is 54.2 Å². The lowest BCUT2D eigenvalue weighted by molar-refractivity contribution is -0.120. The van der Waals surface area contributed by atoms with Gasteiger partial charge in [0.2, 0.25) is 5.91 Å². The summed E-state index contributed by atoms with van der Waals surface area (Å²) < 4.78 is 15.9. The highest BCUT2D eigenvalue weighted by molar-refractivity contribution is 5.89. The molecule has 0 aliphatic carbocycles. The molecule has 2 aromatic carbocycles. The molecule has 0 atom stereocenters. The zero-order valence-corrected chi connectivity index (χ0v) is 14.9. The maximum absolute atomic E-state index is 12.2. The van der Waals surface area contributed by atoms with Crippen LogP contribution in [0.5, 0.6) is 17.2 Å². The number of nitrogens with one attached hydrogen (secondary N) is 2. The third kappa shape index (κ3) is 4.27. The van der Waals surface area contributed by atoms with Crippen LogP contribution in [0.1, 0.15) is 5.56 Å². The number of benzene rings is 2. The van der Waals surface area contributed by atoms with Gasteiger partial charge in [-0.3, -0.25) is 4.79 Å². The summed E-state index contributed by atoms with van der Waals surface area (Å²) >= 11 is 0. The number of rotatable bonds is 8. The van der Waals surface area contributed by atoms with Gasteiger partial charge in [-0.1, -0.05) is 0 Å². The Labute approximate surface area is 152 Å². The molecule has 1 aromatic heterocycles. The van der Waals surface area contributed by atoms with Crippen molar-refractivity contribution in [2.75, 3.05) is 27.4 Å². The zero-order chi connectivity index (χ0) is 18.4. The van der Waals surface area contributed by atoms with E-state index < -0.39 is 0 Å². The summed E-state index contributed by atoms with van der Waals surface area (Å²) in [7, 11) is 3.25. The Morgan fingerprint density at radius 3 is 2.42 bits per heavy atom. The second-order valence-electron chi connectivity index (χ2n) is 5.78. The summed E-state index contributed by atoms with van der Waals surface area (Å²) in [5.74, 6) is 2.24. The van der Waals surface area contributed by atoms with E-state index in [-0.39, 0.29) is 5.91 Å².